The highest BCUT2D eigenvalue weighted by Gasteiger charge is 2.21. The minimum Gasteiger partial charge on any atom is -0.512 e. The number of aromatic nitrogens is 2. The number of para-hydroxylation sites is 2. The van der Waals surface area contributed by atoms with Gasteiger partial charge in [-0.3, -0.25) is 9.36 Å². The lowest BCUT2D eigenvalue weighted by atomic mass is 9.95. The standard InChI is InChI=1S/C22H18N2O3/c25-19-11-6-12-20(26)17(19)13-14-21-23-18-10-5-4-9-16(18)22(27)24(21)15-7-2-1-3-8-15/h1-14,17,19,25-26H/b14-13+. The Balaban J connectivity index is 1.89. The first-order valence-corrected chi connectivity index (χ1v) is 8.66. The van der Waals surface area contributed by atoms with Crippen molar-refractivity contribution >= 4 is 17.0 Å². The Kier molecular flexibility index (Phi) is 4.44. The molecule has 1 aliphatic rings. The van der Waals surface area contributed by atoms with E-state index in [0.29, 0.717) is 22.4 Å². The number of benzene rings is 2. The highest BCUT2D eigenvalue weighted by molar-refractivity contribution is 5.78. The molecule has 0 radical (unpaired) electrons. The second kappa shape index (κ2) is 7.05. The Bertz CT molecular complexity index is 1130. The summed E-state index contributed by atoms with van der Waals surface area (Å²) in [5, 5.41) is 20.7. The van der Waals surface area contributed by atoms with Gasteiger partial charge in [-0.15, -0.1) is 0 Å². The zero-order valence-electron chi connectivity index (χ0n) is 14.4. The first kappa shape index (κ1) is 17.0. The first-order valence-electron chi connectivity index (χ1n) is 8.66. The van der Waals surface area contributed by atoms with Crippen LogP contribution < -0.4 is 5.56 Å². The van der Waals surface area contributed by atoms with Crippen LogP contribution in [0.15, 0.2) is 89.5 Å². The number of fused-ring (bicyclic) bond motifs is 1. The smallest absolute Gasteiger partial charge is 0.266 e. The van der Waals surface area contributed by atoms with Gasteiger partial charge in [-0.1, -0.05) is 48.6 Å². The molecule has 0 saturated carbocycles. The SMILES string of the molecule is O=c1c2ccccc2nc(/C=C/C2C(O)=CC=CC2O)n1-c1ccccc1. The van der Waals surface area contributed by atoms with E-state index < -0.39 is 12.0 Å². The third-order valence-corrected chi connectivity index (χ3v) is 4.55. The maximum Gasteiger partial charge on any atom is 0.266 e. The molecular formula is C22H18N2O3. The summed E-state index contributed by atoms with van der Waals surface area (Å²) in [5.41, 5.74) is 1.12. The normalized spacial score (nSPS) is 19.5. The zero-order chi connectivity index (χ0) is 18.8. The molecule has 3 aromatic rings. The van der Waals surface area contributed by atoms with Crippen LogP contribution in [0.3, 0.4) is 0 Å². The van der Waals surface area contributed by atoms with Gasteiger partial charge >= 0.3 is 0 Å². The monoisotopic (exact) mass is 358 g/mol. The van der Waals surface area contributed by atoms with Crippen molar-refractivity contribution in [3.8, 4) is 5.69 Å². The Morgan fingerprint density at radius 1 is 1.04 bits per heavy atom. The van der Waals surface area contributed by atoms with Crippen LogP contribution in [0.2, 0.25) is 0 Å². The highest BCUT2D eigenvalue weighted by atomic mass is 16.3. The molecule has 0 amide bonds. The Labute approximate surface area is 155 Å². The fraction of sp³-hybridized carbons (Fsp3) is 0.0909. The third kappa shape index (κ3) is 3.20. The van der Waals surface area contributed by atoms with Crippen LogP contribution in [0, 0.1) is 5.92 Å². The quantitative estimate of drug-likeness (QED) is 0.753. The van der Waals surface area contributed by atoms with E-state index in [4.69, 9.17) is 0 Å². The highest BCUT2D eigenvalue weighted by Crippen LogP contribution is 2.22. The molecule has 0 saturated heterocycles. The molecule has 0 fully saturated rings. The molecule has 2 aromatic carbocycles. The van der Waals surface area contributed by atoms with Gasteiger partial charge in [0.1, 0.15) is 11.6 Å². The van der Waals surface area contributed by atoms with E-state index in [1.165, 1.54) is 4.57 Å². The minimum absolute atomic E-state index is 0.0654. The number of allylic oxidation sites excluding steroid dienone is 2. The van der Waals surface area contributed by atoms with Gasteiger partial charge in [-0.2, -0.15) is 0 Å². The molecule has 1 heterocycles. The predicted molar refractivity (Wildman–Crippen MR) is 106 cm³/mol. The number of rotatable bonds is 3. The maximum absolute atomic E-state index is 13.1. The molecule has 134 valence electrons. The Morgan fingerprint density at radius 3 is 2.56 bits per heavy atom. The summed E-state index contributed by atoms with van der Waals surface area (Å²) in [4.78, 5) is 17.7. The summed E-state index contributed by atoms with van der Waals surface area (Å²) < 4.78 is 1.53. The van der Waals surface area contributed by atoms with Gasteiger partial charge in [-0.05, 0) is 36.4 Å². The van der Waals surface area contributed by atoms with Gasteiger partial charge in [0.05, 0.1) is 28.6 Å². The van der Waals surface area contributed by atoms with Gasteiger partial charge < -0.3 is 10.2 Å². The second-order valence-corrected chi connectivity index (χ2v) is 6.32. The Morgan fingerprint density at radius 2 is 1.78 bits per heavy atom. The zero-order valence-corrected chi connectivity index (χ0v) is 14.4. The molecule has 0 spiro atoms. The first-order chi connectivity index (χ1) is 13.1. The van der Waals surface area contributed by atoms with Crippen LogP contribution in [0.5, 0.6) is 0 Å². The summed E-state index contributed by atoms with van der Waals surface area (Å²) in [7, 11) is 0. The summed E-state index contributed by atoms with van der Waals surface area (Å²) in [6.45, 7) is 0. The van der Waals surface area contributed by atoms with Crippen molar-refractivity contribution in [3.05, 3.63) is 101 Å². The van der Waals surface area contributed by atoms with Crippen LogP contribution in [0.1, 0.15) is 5.82 Å². The molecule has 1 aliphatic carbocycles. The molecule has 2 atom stereocenters. The van der Waals surface area contributed by atoms with E-state index in [-0.39, 0.29) is 11.3 Å². The minimum atomic E-state index is -0.830. The number of aliphatic hydroxyl groups excluding tert-OH is 2. The maximum atomic E-state index is 13.1. The second-order valence-electron chi connectivity index (χ2n) is 6.32. The van der Waals surface area contributed by atoms with E-state index in [1.807, 2.05) is 42.5 Å². The molecule has 5 nitrogen and oxygen atoms in total. The lowest BCUT2D eigenvalue weighted by Crippen LogP contribution is -2.23. The van der Waals surface area contributed by atoms with E-state index in [2.05, 4.69) is 4.98 Å². The van der Waals surface area contributed by atoms with Crippen molar-refractivity contribution in [1.82, 2.24) is 9.55 Å². The molecule has 1 aromatic heterocycles. The topological polar surface area (TPSA) is 75.3 Å². The molecule has 0 bridgehead atoms. The van der Waals surface area contributed by atoms with Crippen LogP contribution in [-0.4, -0.2) is 25.9 Å². The molecule has 5 heteroatoms. The average Bonchev–Trinajstić information content (AvgIpc) is 2.68. The van der Waals surface area contributed by atoms with E-state index >= 15 is 0 Å². The van der Waals surface area contributed by atoms with Crippen LogP contribution >= 0.6 is 0 Å². The fourth-order valence-corrected chi connectivity index (χ4v) is 3.16. The van der Waals surface area contributed by atoms with Gasteiger partial charge in [-0.25, -0.2) is 4.98 Å². The summed E-state index contributed by atoms with van der Waals surface area (Å²) in [5.74, 6) is -0.0855. The summed E-state index contributed by atoms with van der Waals surface area (Å²) in [6, 6.07) is 16.5. The number of aliphatic hydroxyl groups is 2. The molecule has 27 heavy (non-hydrogen) atoms. The lowest BCUT2D eigenvalue weighted by molar-refractivity contribution is 0.162. The molecule has 0 aliphatic heterocycles. The molecule has 2 N–H and O–H groups in total. The third-order valence-electron chi connectivity index (χ3n) is 4.55. The van der Waals surface area contributed by atoms with Crippen LogP contribution in [0.25, 0.3) is 22.7 Å². The van der Waals surface area contributed by atoms with Gasteiger partial charge in [0, 0.05) is 0 Å². The number of hydrogen-bond acceptors (Lipinski definition) is 4. The van der Waals surface area contributed by atoms with Crippen molar-refractivity contribution in [3.63, 3.8) is 0 Å². The van der Waals surface area contributed by atoms with E-state index in [1.54, 1.807) is 42.5 Å². The average molecular weight is 358 g/mol. The van der Waals surface area contributed by atoms with Gasteiger partial charge in [0.15, 0.2) is 0 Å². The van der Waals surface area contributed by atoms with E-state index in [0.717, 1.165) is 0 Å². The van der Waals surface area contributed by atoms with Crippen molar-refractivity contribution in [2.45, 2.75) is 6.10 Å². The van der Waals surface area contributed by atoms with Crippen LogP contribution in [-0.2, 0) is 0 Å². The predicted octanol–water partition coefficient (Wildman–Crippen LogP) is 3.39. The summed E-state index contributed by atoms with van der Waals surface area (Å²) in [6.07, 6.45) is 7.25. The van der Waals surface area contributed by atoms with Crippen LogP contribution in [0.4, 0.5) is 0 Å². The largest absolute Gasteiger partial charge is 0.512 e. The van der Waals surface area contributed by atoms with Gasteiger partial charge in [0.25, 0.3) is 5.56 Å². The van der Waals surface area contributed by atoms with Crippen molar-refractivity contribution < 1.29 is 10.2 Å². The van der Waals surface area contributed by atoms with E-state index in [9.17, 15) is 15.0 Å². The lowest BCUT2D eigenvalue weighted by Gasteiger charge is -2.19. The van der Waals surface area contributed by atoms with Crippen molar-refractivity contribution in [1.29, 1.82) is 0 Å². The molecular weight excluding hydrogens is 340 g/mol. The molecule has 2 unspecified atom stereocenters. The number of hydrogen-bond donors (Lipinski definition) is 2. The number of nitrogens with zero attached hydrogens (tertiary/aromatic N) is 2. The van der Waals surface area contributed by atoms with Gasteiger partial charge in [0.2, 0.25) is 0 Å². The van der Waals surface area contributed by atoms with Crippen molar-refractivity contribution in [2.75, 3.05) is 0 Å². The molecule has 4 rings (SSSR count). The fourth-order valence-electron chi connectivity index (χ4n) is 3.16. The van der Waals surface area contributed by atoms with Crippen molar-refractivity contribution in [2.24, 2.45) is 5.92 Å². The Hall–Kier alpha value is -3.44. The summed E-state index contributed by atoms with van der Waals surface area (Å²) >= 11 is 0.